The van der Waals surface area contributed by atoms with Crippen LogP contribution in [0.4, 0.5) is 0 Å². The van der Waals surface area contributed by atoms with Gasteiger partial charge >= 0.3 is 0 Å². The number of nitrogens with zero attached hydrogens (tertiary/aromatic N) is 2. The van der Waals surface area contributed by atoms with Crippen molar-refractivity contribution >= 4 is 5.91 Å². The molecule has 0 bridgehead atoms. The highest BCUT2D eigenvalue weighted by Gasteiger charge is 2.32. The Kier molecular flexibility index (Phi) is 7.04. The number of aromatic nitrogens is 2. The first kappa shape index (κ1) is 19.6. The molecule has 3 N–H and O–H groups in total. The van der Waals surface area contributed by atoms with Gasteiger partial charge in [-0.1, -0.05) is 49.6 Å². The largest absolute Gasteiger partial charge is 0.349 e. The molecular formula is C22H32N4O. The van der Waals surface area contributed by atoms with Gasteiger partial charge in [0.1, 0.15) is 5.82 Å². The van der Waals surface area contributed by atoms with E-state index in [0.29, 0.717) is 19.5 Å². The molecule has 0 atom stereocenters. The number of hydrogen-bond acceptors (Lipinski definition) is 3. The van der Waals surface area contributed by atoms with Crippen LogP contribution >= 0.6 is 0 Å². The normalized spacial score (nSPS) is 16.2. The van der Waals surface area contributed by atoms with Crippen LogP contribution in [0.2, 0.25) is 0 Å². The molecule has 2 aromatic rings. The van der Waals surface area contributed by atoms with Crippen LogP contribution in [0.15, 0.2) is 42.7 Å². The number of nitrogens with one attached hydrogen (secondary N) is 1. The number of hydrogen-bond donors (Lipinski definition) is 2. The summed E-state index contributed by atoms with van der Waals surface area (Å²) in [4.78, 5) is 16.9. The zero-order valence-corrected chi connectivity index (χ0v) is 16.2. The molecule has 1 aromatic carbocycles. The molecule has 1 saturated carbocycles. The minimum atomic E-state index is 0.00738. The van der Waals surface area contributed by atoms with Gasteiger partial charge in [0.25, 0.3) is 0 Å². The summed E-state index contributed by atoms with van der Waals surface area (Å²) >= 11 is 0. The first-order chi connectivity index (χ1) is 13.2. The van der Waals surface area contributed by atoms with Crippen molar-refractivity contribution in [1.29, 1.82) is 0 Å². The van der Waals surface area contributed by atoms with E-state index < -0.39 is 0 Å². The third-order valence-electron chi connectivity index (χ3n) is 5.84. The van der Waals surface area contributed by atoms with Crippen molar-refractivity contribution in [3.05, 3.63) is 54.1 Å². The van der Waals surface area contributed by atoms with Gasteiger partial charge in [-0.05, 0) is 43.2 Å². The Bertz CT molecular complexity index is 704. The van der Waals surface area contributed by atoms with Crippen molar-refractivity contribution in [1.82, 2.24) is 14.9 Å². The monoisotopic (exact) mass is 368 g/mol. The maximum Gasteiger partial charge on any atom is 0.220 e. The maximum absolute atomic E-state index is 12.5. The molecule has 1 fully saturated rings. The Balaban J connectivity index is 1.45. The highest BCUT2D eigenvalue weighted by molar-refractivity contribution is 5.76. The number of amides is 1. The van der Waals surface area contributed by atoms with Crippen LogP contribution in [0.25, 0.3) is 0 Å². The zero-order valence-electron chi connectivity index (χ0n) is 16.2. The summed E-state index contributed by atoms with van der Waals surface area (Å²) in [6, 6.07) is 10.5. The van der Waals surface area contributed by atoms with Crippen LogP contribution in [0.1, 0.15) is 56.3 Å². The molecule has 1 heterocycles. The lowest BCUT2D eigenvalue weighted by Gasteiger charge is -2.35. The molecule has 1 amide bonds. The van der Waals surface area contributed by atoms with E-state index in [4.69, 9.17) is 5.73 Å². The van der Waals surface area contributed by atoms with Crippen molar-refractivity contribution in [2.45, 2.75) is 64.5 Å². The number of carbonyl (C=O) groups is 1. The van der Waals surface area contributed by atoms with Crippen molar-refractivity contribution in [2.75, 3.05) is 6.54 Å². The van der Waals surface area contributed by atoms with Crippen molar-refractivity contribution in [3.8, 4) is 0 Å². The highest BCUT2D eigenvalue weighted by atomic mass is 16.1. The minimum Gasteiger partial charge on any atom is -0.349 e. The third-order valence-corrected chi connectivity index (χ3v) is 5.84. The molecule has 146 valence electrons. The second-order valence-corrected chi connectivity index (χ2v) is 7.84. The molecule has 1 aliphatic rings. The predicted molar refractivity (Wildman–Crippen MR) is 108 cm³/mol. The van der Waals surface area contributed by atoms with Crippen LogP contribution in [0, 0.1) is 5.41 Å². The summed E-state index contributed by atoms with van der Waals surface area (Å²) < 4.78 is 2.14. The summed E-state index contributed by atoms with van der Waals surface area (Å²) in [6.45, 7) is 2.00. The van der Waals surface area contributed by atoms with Gasteiger partial charge in [-0.2, -0.15) is 0 Å². The number of imidazole rings is 1. The van der Waals surface area contributed by atoms with E-state index in [2.05, 4.69) is 39.1 Å². The topological polar surface area (TPSA) is 72.9 Å². The van der Waals surface area contributed by atoms with Gasteiger partial charge in [0.2, 0.25) is 5.91 Å². The molecule has 1 aromatic heterocycles. The lowest BCUT2D eigenvalue weighted by atomic mass is 9.71. The molecule has 0 radical (unpaired) electrons. The molecular weight excluding hydrogens is 336 g/mol. The molecule has 1 aliphatic carbocycles. The van der Waals surface area contributed by atoms with E-state index in [0.717, 1.165) is 38.1 Å². The number of nitrogens with two attached hydrogens (primary N) is 1. The summed E-state index contributed by atoms with van der Waals surface area (Å²) in [5, 5.41) is 3.06. The molecule has 0 spiro atoms. The fourth-order valence-electron chi connectivity index (χ4n) is 4.14. The van der Waals surface area contributed by atoms with Crippen molar-refractivity contribution < 1.29 is 4.79 Å². The van der Waals surface area contributed by atoms with E-state index in [1.54, 1.807) is 0 Å². The van der Waals surface area contributed by atoms with E-state index >= 15 is 0 Å². The summed E-state index contributed by atoms with van der Waals surface area (Å²) in [5.74, 6) is 1.02. The second-order valence-electron chi connectivity index (χ2n) is 7.84. The van der Waals surface area contributed by atoms with Gasteiger partial charge in [0.05, 0.1) is 6.54 Å². The van der Waals surface area contributed by atoms with Gasteiger partial charge in [-0.25, -0.2) is 4.98 Å². The fraction of sp³-hybridized carbons (Fsp3) is 0.545. The number of aryl methyl sites for hydroxylation is 2. The first-order valence-corrected chi connectivity index (χ1v) is 10.2. The zero-order chi connectivity index (χ0) is 19.0. The number of rotatable bonds is 9. The highest BCUT2D eigenvalue weighted by Crippen LogP contribution is 2.38. The molecule has 5 heteroatoms. The number of benzene rings is 1. The van der Waals surface area contributed by atoms with Crippen LogP contribution in [0.3, 0.4) is 0 Å². The lowest BCUT2D eigenvalue weighted by Crippen LogP contribution is -2.38. The van der Waals surface area contributed by atoms with Gasteiger partial charge < -0.3 is 15.6 Å². The Morgan fingerprint density at radius 2 is 1.96 bits per heavy atom. The van der Waals surface area contributed by atoms with Gasteiger partial charge in [-0.3, -0.25) is 4.79 Å². The molecule has 3 rings (SSSR count). The van der Waals surface area contributed by atoms with E-state index in [-0.39, 0.29) is 11.3 Å². The molecule has 0 aliphatic heterocycles. The first-order valence-electron chi connectivity index (χ1n) is 10.2. The van der Waals surface area contributed by atoms with E-state index in [1.165, 1.54) is 24.8 Å². The standard InChI is InChI=1S/C22H32N4O/c23-18-22(11-5-2-6-12-22)16-21(27)25-17-20-24-13-15-26(20)14-7-10-19-8-3-1-4-9-19/h1,3-4,8-9,13,15H,2,5-7,10-12,14,16-18,23H2,(H,25,27). The molecule has 0 unspecified atom stereocenters. The SMILES string of the molecule is NCC1(CC(=O)NCc2nccn2CCCc2ccccc2)CCCCC1. The Morgan fingerprint density at radius 3 is 2.70 bits per heavy atom. The minimum absolute atomic E-state index is 0.00738. The second kappa shape index (κ2) is 9.70. The Labute approximate surface area is 162 Å². The summed E-state index contributed by atoms with van der Waals surface area (Å²) in [7, 11) is 0. The fourth-order valence-corrected chi connectivity index (χ4v) is 4.14. The summed E-state index contributed by atoms with van der Waals surface area (Å²) in [6.07, 6.45) is 12.2. The summed E-state index contributed by atoms with van der Waals surface area (Å²) in [5.41, 5.74) is 7.37. The van der Waals surface area contributed by atoms with Crippen LogP contribution in [-0.4, -0.2) is 22.0 Å². The maximum atomic E-state index is 12.5. The van der Waals surface area contributed by atoms with E-state index in [9.17, 15) is 4.79 Å². The predicted octanol–water partition coefficient (Wildman–Crippen LogP) is 3.43. The quantitative estimate of drug-likeness (QED) is 0.712. The van der Waals surface area contributed by atoms with Crippen LogP contribution in [-0.2, 0) is 24.3 Å². The van der Waals surface area contributed by atoms with Crippen LogP contribution in [0.5, 0.6) is 0 Å². The van der Waals surface area contributed by atoms with Crippen molar-refractivity contribution in [3.63, 3.8) is 0 Å². The molecule has 27 heavy (non-hydrogen) atoms. The van der Waals surface area contributed by atoms with E-state index in [1.807, 2.05) is 18.5 Å². The van der Waals surface area contributed by atoms with Gasteiger partial charge in [0.15, 0.2) is 0 Å². The average Bonchev–Trinajstić information content (AvgIpc) is 3.15. The van der Waals surface area contributed by atoms with Gasteiger partial charge in [-0.15, -0.1) is 0 Å². The smallest absolute Gasteiger partial charge is 0.220 e. The molecule has 0 saturated heterocycles. The Hall–Kier alpha value is -2.14. The van der Waals surface area contributed by atoms with Gasteiger partial charge in [0, 0.05) is 25.4 Å². The Morgan fingerprint density at radius 1 is 1.19 bits per heavy atom. The lowest BCUT2D eigenvalue weighted by molar-refractivity contribution is -0.124. The number of carbonyl (C=O) groups excluding carboxylic acids is 1. The molecule has 5 nitrogen and oxygen atoms in total. The average molecular weight is 369 g/mol. The van der Waals surface area contributed by atoms with Crippen LogP contribution < -0.4 is 11.1 Å². The third kappa shape index (κ3) is 5.67. The van der Waals surface area contributed by atoms with Crippen molar-refractivity contribution in [2.24, 2.45) is 11.1 Å².